The van der Waals surface area contributed by atoms with E-state index in [2.05, 4.69) is 20.8 Å². The van der Waals surface area contributed by atoms with E-state index in [1.54, 1.807) is 0 Å². The van der Waals surface area contributed by atoms with E-state index in [1.165, 1.54) is 57.0 Å². The summed E-state index contributed by atoms with van der Waals surface area (Å²) in [5.41, 5.74) is 0. The second kappa shape index (κ2) is 12.8. The molecule has 1 atom stereocenters. The van der Waals surface area contributed by atoms with Gasteiger partial charge in [-0.25, -0.2) is 0 Å². The van der Waals surface area contributed by atoms with Crippen molar-refractivity contribution in [3.63, 3.8) is 0 Å². The molecule has 0 aromatic rings. The maximum absolute atomic E-state index is 9.46. The molecule has 0 aromatic heterocycles. The Morgan fingerprint density at radius 1 is 0.947 bits per heavy atom. The monoisotopic (exact) mass is 404 g/mol. The molecule has 19 heavy (non-hydrogen) atoms. The van der Waals surface area contributed by atoms with Crippen LogP contribution >= 0.6 is 30.3 Å². The summed E-state index contributed by atoms with van der Waals surface area (Å²) in [5.74, 6) is 0. The molecule has 0 spiro atoms. The number of hydrogen-bond donors (Lipinski definition) is 1. The SMILES string of the molecule is CCCC[PH](CCCC)(CCCC)CC(CO)OI. The van der Waals surface area contributed by atoms with Crippen LogP contribution in [0.1, 0.15) is 59.3 Å². The van der Waals surface area contributed by atoms with Crippen molar-refractivity contribution in [2.45, 2.75) is 65.4 Å². The van der Waals surface area contributed by atoms with Crippen molar-refractivity contribution in [2.24, 2.45) is 0 Å². The van der Waals surface area contributed by atoms with E-state index in [0.717, 1.165) is 6.16 Å². The summed E-state index contributed by atoms with van der Waals surface area (Å²) in [4.78, 5) is 0. The van der Waals surface area contributed by atoms with Crippen molar-refractivity contribution in [2.75, 3.05) is 31.3 Å². The molecule has 118 valence electrons. The quantitative estimate of drug-likeness (QED) is 0.351. The summed E-state index contributed by atoms with van der Waals surface area (Å²) in [6.45, 7) is 7.05. The molecule has 0 bridgehead atoms. The van der Waals surface area contributed by atoms with Gasteiger partial charge in [0.15, 0.2) is 0 Å². The Morgan fingerprint density at radius 3 is 1.63 bits per heavy atom. The number of hydrogen-bond acceptors (Lipinski definition) is 2. The number of rotatable bonds is 13. The van der Waals surface area contributed by atoms with Gasteiger partial charge in [0.2, 0.25) is 0 Å². The minimum absolute atomic E-state index is 0.0674. The number of halogens is 1. The molecule has 2 nitrogen and oxygen atoms in total. The van der Waals surface area contributed by atoms with Crippen molar-refractivity contribution in [1.82, 2.24) is 0 Å². The topological polar surface area (TPSA) is 29.5 Å². The van der Waals surface area contributed by atoms with Crippen LogP contribution in [0, 0.1) is 0 Å². The molecular formula is C15H34IO2P. The summed E-state index contributed by atoms with van der Waals surface area (Å²) in [6, 6.07) is 0. The fourth-order valence-corrected chi connectivity index (χ4v) is 9.47. The molecule has 4 heteroatoms. The number of unbranched alkanes of at least 4 members (excludes halogenated alkanes) is 3. The molecule has 0 saturated carbocycles. The van der Waals surface area contributed by atoms with Crippen LogP contribution < -0.4 is 0 Å². The fraction of sp³-hybridized carbons (Fsp3) is 1.00. The van der Waals surface area contributed by atoms with Gasteiger partial charge in [0.25, 0.3) is 0 Å². The van der Waals surface area contributed by atoms with Gasteiger partial charge in [0.1, 0.15) is 0 Å². The Balaban J connectivity index is 4.74. The van der Waals surface area contributed by atoms with E-state index < -0.39 is 7.26 Å². The van der Waals surface area contributed by atoms with Gasteiger partial charge in [-0.05, 0) is 0 Å². The van der Waals surface area contributed by atoms with Crippen molar-refractivity contribution in [1.29, 1.82) is 0 Å². The Morgan fingerprint density at radius 2 is 1.37 bits per heavy atom. The van der Waals surface area contributed by atoms with Gasteiger partial charge >= 0.3 is 135 Å². The minimum atomic E-state index is -1.25. The van der Waals surface area contributed by atoms with Gasteiger partial charge in [0, 0.05) is 0 Å². The first-order valence-corrected chi connectivity index (χ1v) is 11.8. The Kier molecular flexibility index (Phi) is 13.5. The zero-order valence-electron chi connectivity index (χ0n) is 13.1. The van der Waals surface area contributed by atoms with Gasteiger partial charge < -0.3 is 0 Å². The van der Waals surface area contributed by atoms with E-state index in [4.69, 9.17) is 3.07 Å². The molecule has 0 fully saturated rings. The first-order chi connectivity index (χ1) is 9.17. The van der Waals surface area contributed by atoms with Crippen molar-refractivity contribution >= 4 is 30.3 Å². The normalized spacial score (nSPS) is 14.6. The van der Waals surface area contributed by atoms with Crippen molar-refractivity contribution in [3.8, 4) is 0 Å². The summed E-state index contributed by atoms with van der Waals surface area (Å²) < 4.78 is 5.45. The summed E-state index contributed by atoms with van der Waals surface area (Å²) in [6.07, 6.45) is 13.5. The van der Waals surface area contributed by atoms with E-state index in [1.807, 2.05) is 23.0 Å². The van der Waals surface area contributed by atoms with E-state index in [0.29, 0.717) is 0 Å². The van der Waals surface area contributed by atoms with E-state index in [9.17, 15) is 5.11 Å². The summed E-state index contributed by atoms with van der Waals surface area (Å²) in [5, 5.41) is 9.46. The second-order valence-electron chi connectivity index (χ2n) is 5.91. The second-order valence-corrected chi connectivity index (χ2v) is 11.3. The predicted octanol–water partition coefficient (Wildman–Crippen LogP) is 4.86. The Hall–Kier alpha value is 1.08. The van der Waals surface area contributed by atoms with Gasteiger partial charge in [-0.1, -0.05) is 0 Å². The van der Waals surface area contributed by atoms with Gasteiger partial charge in [-0.15, -0.1) is 0 Å². The van der Waals surface area contributed by atoms with Crippen LogP contribution in [-0.2, 0) is 3.07 Å². The van der Waals surface area contributed by atoms with E-state index >= 15 is 0 Å². The molecule has 1 unspecified atom stereocenters. The molecule has 0 aliphatic heterocycles. The molecular weight excluding hydrogens is 370 g/mol. The van der Waals surface area contributed by atoms with Gasteiger partial charge in [-0.2, -0.15) is 0 Å². The average Bonchev–Trinajstić information content (AvgIpc) is 2.45. The van der Waals surface area contributed by atoms with Crippen molar-refractivity contribution < 1.29 is 8.17 Å². The van der Waals surface area contributed by atoms with Crippen LogP contribution in [0.3, 0.4) is 0 Å². The van der Waals surface area contributed by atoms with Gasteiger partial charge in [-0.3, -0.25) is 0 Å². The van der Waals surface area contributed by atoms with Gasteiger partial charge in [0.05, 0.1) is 0 Å². The molecule has 0 rings (SSSR count). The third-order valence-electron chi connectivity index (χ3n) is 4.17. The summed E-state index contributed by atoms with van der Waals surface area (Å²) in [7, 11) is -1.25. The zero-order valence-corrected chi connectivity index (χ0v) is 16.2. The van der Waals surface area contributed by atoms with Crippen LogP contribution in [0.25, 0.3) is 0 Å². The summed E-state index contributed by atoms with van der Waals surface area (Å²) >= 11 is 1.96. The fourth-order valence-electron chi connectivity index (χ4n) is 2.94. The van der Waals surface area contributed by atoms with Crippen LogP contribution in [0.4, 0.5) is 0 Å². The molecule has 0 aromatic carbocycles. The third-order valence-corrected chi connectivity index (χ3v) is 10.5. The molecule has 0 saturated heterocycles. The average molecular weight is 404 g/mol. The van der Waals surface area contributed by atoms with Crippen LogP contribution in [0.5, 0.6) is 0 Å². The maximum atomic E-state index is 9.46. The molecule has 0 amide bonds. The first-order valence-electron chi connectivity index (χ1n) is 8.06. The third kappa shape index (κ3) is 8.85. The predicted molar refractivity (Wildman–Crippen MR) is 98.5 cm³/mol. The van der Waals surface area contributed by atoms with Crippen LogP contribution in [-0.4, -0.2) is 42.5 Å². The molecule has 0 aliphatic rings. The van der Waals surface area contributed by atoms with Crippen molar-refractivity contribution in [3.05, 3.63) is 0 Å². The Bertz CT molecular complexity index is 177. The standard InChI is InChI=1S/C15H34IO2P/c1-4-7-10-19(11-8-5-2,12-9-6-3)14-15(13-17)18-16/h15,17,19H,4-14H2,1-3H3. The molecule has 0 radical (unpaired) electrons. The number of aliphatic hydroxyl groups excluding tert-OH is 1. The first kappa shape index (κ1) is 20.1. The van der Waals surface area contributed by atoms with Crippen LogP contribution in [0.15, 0.2) is 0 Å². The molecule has 0 heterocycles. The van der Waals surface area contributed by atoms with Crippen LogP contribution in [0.2, 0.25) is 0 Å². The zero-order chi connectivity index (χ0) is 14.6. The number of aliphatic hydroxyl groups is 1. The van der Waals surface area contributed by atoms with E-state index in [-0.39, 0.29) is 12.7 Å². The molecule has 0 aliphatic carbocycles. The molecule has 1 N–H and O–H groups in total. The Labute approximate surface area is 135 Å².